The lowest BCUT2D eigenvalue weighted by molar-refractivity contribution is 0.104. The maximum absolute atomic E-state index is 12.2. The van der Waals surface area contributed by atoms with Crippen LogP contribution < -0.4 is 14.2 Å². The van der Waals surface area contributed by atoms with Gasteiger partial charge in [-0.2, -0.15) is 0 Å². The van der Waals surface area contributed by atoms with Crippen LogP contribution in [0.1, 0.15) is 28.4 Å². The minimum atomic E-state index is -0.0539. The monoisotopic (exact) mass is 326 g/mol. The smallest absolute Gasteiger partial charge is 0.203 e. The van der Waals surface area contributed by atoms with Crippen molar-refractivity contribution in [3.63, 3.8) is 0 Å². The molecular weight excluding hydrogens is 304 g/mol. The molecule has 0 bridgehead atoms. The maximum atomic E-state index is 12.2. The van der Waals surface area contributed by atoms with Gasteiger partial charge in [-0.1, -0.05) is 35.9 Å². The number of carbonyl (C=O) groups excluding carboxylic acids is 1. The second kappa shape index (κ2) is 8.20. The molecule has 0 aliphatic rings. The summed E-state index contributed by atoms with van der Waals surface area (Å²) in [5.41, 5.74) is 2.57. The molecule has 2 aromatic rings. The van der Waals surface area contributed by atoms with E-state index in [1.165, 1.54) is 0 Å². The number of aryl methyl sites for hydroxylation is 1. The van der Waals surface area contributed by atoms with Crippen molar-refractivity contribution in [2.24, 2.45) is 0 Å². The number of rotatable bonds is 7. The Morgan fingerprint density at radius 2 is 1.62 bits per heavy atom. The van der Waals surface area contributed by atoms with Crippen LogP contribution in [0.5, 0.6) is 17.2 Å². The van der Waals surface area contributed by atoms with Crippen molar-refractivity contribution in [3.05, 3.63) is 59.2 Å². The van der Waals surface area contributed by atoms with E-state index in [0.717, 1.165) is 11.1 Å². The van der Waals surface area contributed by atoms with E-state index in [1.807, 2.05) is 50.2 Å². The summed E-state index contributed by atoms with van der Waals surface area (Å²) in [5, 5.41) is 0. The molecular formula is C20H22O4. The zero-order chi connectivity index (χ0) is 17.5. The number of hydrogen-bond donors (Lipinski definition) is 0. The van der Waals surface area contributed by atoms with Crippen LogP contribution in [0.4, 0.5) is 0 Å². The van der Waals surface area contributed by atoms with Gasteiger partial charge in [0.2, 0.25) is 5.75 Å². The lowest BCUT2D eigenvalue weighted by Crippen LogP contribution is -1.99. The summed E-state index contributed by atoms with van der Waals surface area (Å²) in [4.78, 5) is 12.2. The summed E-state index contributed by atoms with van der Waals surface area (Å²) >= 11 is 0. The van der Waals surface area contributed by atoms with E-state index in [2.05, 4.69) is 0 Å². The van der Waals surface area contributed by atoms with E-state index in [4.69, 9.17) is 14.2 Å². The van der Waals surface area contributed by atoms with Gasteiger partial charge in [0.25, 0.3) is 0 Å². The van der Waals surface area contributed by atoms with Gasteiger partial charge in [-0.25, -0.2) is 0 Å². The van der Waals surface area contributed by atoms with E-state index in [9.17, 15) is 4.79 Å². The Balaban J connectivity index is 2.28. The molecule has 2 rings (SSSR count). The third-order valence-corrected chi connectivity index (χ3v) is 3.53. The molecule has 0 N–H and O–H groups in total. The highest BCUT2D eigenvalue weighted by Gasteiger charge is 2.13. The van der Waals surface area contributed by atoms with Gasteiger partial charge in [-0.05, 0) is 37.6 Å². The standard InChI is InChI=1S/C20H22O4/c1-5-24-20-18(22-3)12-15(13-19(20)23-4)8-11-17(21)16-9-6-14(2)7-10-16/h6-13H,5H2,1-4H3/b11-8+. The van der Waals surface area contributed by atoms with Crippen LogP contribution in [0, 0.1) is 6.92 Å². The van der Waals surface area contributed by atoms with Crippen LogP contribution in [0.25, 0.3) is 6.08 Å². The predicted octanol–water partition coefficient (Wildman–Crippen LogP) is 4.31. The van der Waals surface area contributed by atoms with Gasteiger partial charge in [0.15, 0.2) is 17.3 Å². The number of benzene rings is 2. The van der Waals surface area contributed by atoms with Gasteiger partial charge in [0.05, 0.1) is 20.8 Å². The topological polar surface area (TPSA) is 44.8 Å². The van der Waals surface area contributed by atoms with Gasteiger partial charge < -0.3 is 14.2 Å². The van der Waals surface area contributed by atoms with Crippen LogP contribution >= 0.6 is 0 Å². The maximum Gasteiger partial charge on any atom is 0.203 e. The molecule has 0 radical (unpaired) electrons. The molecule has 0 saturated heterocycles. The number of ether oxygens (including phenoxy) is 3. The molecule has 0 heterocycles. The number of methoxy groups -OCH3 is 2. The lowest BCUT2D eigenvalue weighted by Gasteiger charge is -2.14. The Kier molecular flexibility index (Phi) is 6.01. The van der Waals surface area contributed by atoms with Crippen molar-refractivity contribution in [1.29, 1.82) is 0 Å². The molecule has 4 nitrogen and oxygen atoms in total. The highest BCUT2D eigenvalue weighted by molar-refractivity contribution is 6.06. The van der Waals surface area contributed by atoms with Crippen LogP contribution in [0.2, 0.25) is 0 Å². The third-order valence-electron chi connectivity index (χ3n) is 3.53. The minimum Gasteiger partial charge on any atom is -0.493 e. The molecule has 126 valence electrons. The van der Waals surface area contributed by atoms with Gasteiger partial charge >= 0.3 is 0 Å². The van der Waals surface area contributed by atoms with E-state index in [1.54, 1.807) is 26.4 Å². The zero-order valence-electron chi connectivity index (χ0n) is 14.5. The first-order valence-electron chi connectivity index (χ1n) is 7.77. The van der Waals surface area contributed by atoms with Crippen molar-refractivity contribution in [2.75, 3.05) is 20.8 Å². The molecule has 24 heavy (non-hydrogen) atoms. The number of ketones is 1. The minimum absolute atomic E-state index is 0.0539. The third kappa shape index (κ3) is 4.16. The summed E-state index contributed by atoms with van der Waals surface area (Å²) in [6.45, 7) is 4.39. The summed E-state index contributed by atoms with van der Waals surface area (Å²) < 4.78 is 16.3. The van der Waals surface area contributed by atoms with Gasteiger partial charge in [0.1, 0.15) is 0 Å². The van der Waals surface area contributed by atoms with Crippen LogP contribution in [0.15, 0.2) is 42.5 Å². The number of hydrogen-bond acceptors (Lipinski definition) is 4. The summed E-state index contributed by atoms with van der Waals surface area (Å²) in [5.74, 6) is 1.64. The highest BCUT2D eigenvalue weighted by Crippen LogP contribution is 2.38. The Labute approximate surface area is 142 Å². The number of allylic oxidation sites excluding steroid dienone is 1. The normalized spacial score (nSPS) is 10.7. The Bertz CT molecular complexity index is 705. The lowest BCUT2D eigenvalue weighted by atomic mass is 10.1. The Morgan fingerprint density at radius 3 is 2.12 bits per heavy atom. The first-order chi connectivity index (χ1) is 11.6. The average molecular weight is 326 g/mol. The SMILES string of the molecule is CCOc1c(OC)cc(/C=C/C(=O)c2ccc(C)cc2)cc1OC. The molecule has 4 heteroatoms. The van der Waals surface area contributed by atoms with Gasteiger partial charge in [-0.15, -0.1) is 0 Å². The molecule has 0 saturated carbocycles. The van der Waals surface area contributed by atoms with Crippen molar-refractivity contribution in [1.82, 2.24) is 0 Å². The van der Waals surface area contributed by atoms with E-state index < -0.39 is 0 Å². The molecule has 0 aromatic heterocycles. The summed E-state index contributed by atoms with van der Waals surface area (Å²) in [7, 11) is 3.14. The fourth-order valence-corrected chi connectivity index (χ4v) is 2.27. The average Bonchev–Trinajstić information content (AvgIpc) is 2.61. The summed E-state index contributed by atoms with van der Waals surface area (Å²) in [6, 6.07) is 11.1. The molecule has 0 fully saturated rings. The fraction of sp³-hybridized carbons (Fsp3) is 0.250. The first kappa shape index (κ1) is 17.6. The Hall–Kier alpha value is -2.75. The molecule has 2 aromatic carbocycles. The van der Waals surface area contributed by atoms with E-state index >= 15 is 0 Å². The molecule has 0 aliphatic carbocycles. The second-order valence-corrected chi connectivity index (χ2v) is 5.25. The first-order valence-corrected chi connectivity index (χ1v) is 7.77. The predicted molar refractivity (Wildman–Crippen MR) is 95.3 cm³/mol. The van der Waals surface area contributed by atoms with Crippen molar-refractivity contribution >= 4 is 11.9 Å². The summed E-state index contributed by atoms with van der Waals surface area (Å²) in [6.07, 6.45) is 3.28. The molecule has 0 spiro atoms. The fourth-order valence-electron chi connectivity index (χ4n) is 2.27. The van der Waals surface area contributed by atoms with Crippen molar-refractivity contribution in [2.45, 2.75) is 13.8 Å². The zero-order valence-corrected chi connectivity index (χ0v) is 14.5. The van der Waals surface area contributed by atoms with Gasteiger partial charge in [-0.3, -0.25) is 4.79 Å². The number of carbonyl (C=O) groups is 1. The van der Waals surface area contributed by atoms with Crippen LogP contribution in [-0.4, -0.2) is 26.6 Å². The molecule has 0 atom stereocenters. The largest absolute Gasteiger partial charge is 0.493 e. The Morgan fingerprint density at radius 1 is 1.04 bits per heavy atom. The molecule has 0 unspecified atom stereocenters. The second-order valence-electron chi connectivity index (χ2n) is 5.25. The van der Waals surface area contributed by atoms with Crippen LogP contribution in [0.3, 0.4) is 0 Å². The highest BCUT2D eigenvalue weighted by atomic mass is 16.5. The quantitative estimate of drug-likeness (QED) is 0.562. The van der Waals surface area contributed by atoms with E-state index in [-0.39, 0.29) is 5.78 Å². The van der Waals surface area contributed by atoms with Gasteiger partial charge in [0, 0.05) is 5.56 Å². The van der Waals surface area contributed by atoms with E-state index in [0.29, 0.717) is 29.4 Å². The van der Waals surface area contributed by atoms with Crippen molar-refractivity contribution < 1.29 is 19.0 Å². The van der Waals surface area contributed by atoms with Crippen molar-refractivity contribution in [3.8, 4) is 17.2 Å². The molecule has 0 aliphatic heterocycles. The van der Waals surface area contributed by atoms with Crippen LogP contribution in [-0.2, 0) is 0 Å². The molecule has 0 amide bonds.